The van der Waals surface area contributed by atoms with Gasteiger partial charge in [-0.3, -0.25) is 9.48 Å². The van der Waals surface area contributed by atoms with Crippen LogP contribution in [0, 0.1) is 0 Å². The second kappa shape index (κ2) is 8.09. The van der Waals surface area contributed by atoms with Gasteiger partial charge in [0.05, 0.1) is 12.8 Å². The molecule has 0 radical (unpaired) electrons. The van der Waals surface area contributed by atoms with Crippen molar-refractivity contribution in [3.8, 4) is 17.0 Å². The van der Waals surface area contributed by atoms with E-state index in [2.05, 4.69) is 25.5 Å². The van der Waals surface area contributed by atoms with Gasteiger partial charge in [-0.05, 0) is 36.6 Å². The number of benzene rings is 1. The third-order valence-corrected chi connectivity index (χ3v) is 4.59. The number of hydrogen-bond acceptors (Lipinski definition) is 6. The number of nitrogens with zero attached hydrogens (tertiary/aromatic N) is 6. The van der Waals surface area contributed by atoms with Crippen LogP contribution in [0.3, 0.4) is 0 Å². The number of nitrogens with one attached hydrogen (secondary N) is 1. The van der Waals surface area contributed by atoms with Crippen LogP contribution >= 0.6 is 0 Å². The van der Waals surface area contributed by atoms with Crippen LogP contribution in [-0.4, -0.2) is 48.9 Å². The first-order chi connectivity index (χ1) is 14.1. The molecule has 9 heteroatoms. The first-order valence-electron chi connectivity index (χ1n) is 9.25. The molecule has 0 aliphatic carbocycles. The monoisotopic (exact) mass is 391 g/mol. The van der Waals surface area contributed by atoms with Gasteiger partial charge in [-0.2, -0.15) is 15.2 Å². The van der Waals surface area contributed by atoms with E-state index in [1.165, 1.54) is 6.33 Å². The van der Waals surface area contributed by atoms with Crippen molar-refractivity contribution in [2.75, 3.05) is 13.7 Å². The molecule has 0 atom stereocenters. The van der Waals surface area contributed by atoms with E-state index < -0.39 is 0 Å². The quantitative estimate of drug-likeness (QED) is 0.483. The molecule has 0 fully saturated rings. The molecule has 0 saturated heterocycles. The van der Waals surface area contributed by atoms with E-state index in [4.69, 9.17) is 4.74 Å². The molecule has 0 saturated carbocycles. The number of rotatable bonds is 7. The Labute approximate surface area is 167 Å². The van der Waals surface area contributed by atoms with Crippen LogP contribution in [0.25, 0.3) is 17.0 Å². The number of carbonyl (C=O) groups excluding carboxylic acids is 1. The van der Waals surface area contributed by atoms with Crippen molar-refractivity contribution >= 4 is 11.7 Å². The van der Waals surface area contributed by atoms with Gasteiger partial charge in [0, 0.05) is 31.5 Å². The van der Waals surface area contributed by atoms with Crippen molar-refractivity contribution in [1.82, 2.24) is 34.7 Å². The maximum Gasteiger partial charge on any atom is 0.269 e. The van der Waals surface area contributed by atoms with Gasteiger partial charge in [-0.15, -0.1) is 0 Å². The topological polar surface area (TPSA) is 99.2 Å². The van der Waals surface area contributed by atoms with Crippen molar-refractivity contribution in [2.24, 2.45) is 7.05 Å². The summed E-state index contributed by atoms with van der Waals surface area (Å²) < 4.78 is 8.49. The summed E-state index contributed by atoms with van der Waals surface area (Å²) in [6.07, 6.45) is 6.73. The van der Waals surface area contributed by atoms with E-state index in [1.54, 1.807) is 35.6 Å². The number of carbonyl (C=O) groups is 1. The summed E-state index contributed by atoms with van der Waals surface area (Å²) in [6, 6.07) is 9.38. The van der Waals surface area contributed by atoms with Crippen LogP contribution in [0.5, 0.6) is 5.75 Å². The Morgan fingerprint density at radius 1 is 1.24 bits per heavy atom. The number of aromatic nitrogens is 6. The van der Waals surface area contributed by atoms with Crippen LogP contribution in [0.1, 0.15) is 22.5 Å². The third-order valence-electron chi connectivity index (χ3n) is 4.59. The first-order valence-corrected chi connectivity index (χ1v) is 9.25. The van der Waals surface area contributed by atoms with Crippen LogP contribution < -0.4 is 10.1 Å². The van der Waals surface area contributed by atoms with E-state index >= 15 is 0 Å². The van der Waals surface area contributed by atoms with Gasteiger partial charge in [0.25, 0.3) is 11.7 Å². The second-order valence-corrected chi connectivity index (χ2v) is 6.60. The van der Waals surface area contributed by atoms with Crippen LogP contribution in [0.4, 0.5) is 0 Å². The minimum absolute atomic E-state index is 0.154. The zero-order valence-electron chi connectivity index (χ0n) is 16.2. The lowest BCUT2D eigenvalue weighted by atomic mass is 10.1. The highest BCUT2D eigenvalue weighted by atomic mass is 16.5. The van der Waals surface area contributed by atoms with Gasteiger partial charge >= 0.3 is 0 Å². The maximum absolute atomic E-state index is 12.6. The molecular weight excluding hydrogens is 370 g/mol. The van der Waals surface area contributed by atoms with Gasteiger partial charge in [-0.1, -0.05) is 12.1 Å². The van der Waals surface area contributed by atoms with Crippen LogP contribution in [0.15, 0.2) is 49.1 Å². The molecule has 29 heavy (non-hydrogen) atoms. The average Bonchev–Trinajstić information content (AvgIpc) is 3.37. The zero-order chi connectivity index (χ0) is 20.2. The predicted molar refractivity (Wildman–Crippen MR) is 107 cm³/mol. The number of aryl methyl sites for hydroxylation is 2. The summed E-state index contributed by atoms with van der Waals surface area (Å²) in [4.78, 5) is 20.8. The highest BCUT2D eigenvalue weighted by molar-refractivity contribution is 5.93. The molecule has 148 valence electrons. The summed E-state index contributed by atoms with van der Waals surface area (Å²) >= 11 is 0. The predicted octanol–water partition coefficient (Wildman–Crippen LogP) is 1.90. The van der Waals surface area contributed by atoms with Crippen LogP contribution in [-0.2, 0) is 13.5 Å². The molecule has 0 aliphatic rings. The molecule has 1 aromatic carbocycles. The molecule has 4 rings (SSSR count). The Hall–Kier alpha value is -3.75. The molecule has 0 spiro atoms. The molecule has 0 aliphatic heterocycles. The largest absolute Gasteiger partial charge is 0.497 e. The normalized spacial score (nSPS) is 11.0. The molecule has 0 bridgehead atoms. The number of hydrogen-bond donors (Lipinski definition) is 1. The lowest BCUT2D eigenvalue weighted by Crippen LogP contribution is -2.26. The van der Waals surface area contributed by atoms with Gasteiger partial charge in [-0.25, -0.2) is 9.50 Å². The maximum atomic E-state index is 12.6. The lowest BCUT2D eigenvalue weighted by Gasteiger charge is -2.05. The standard InChI is InChI=1S/C20H21N7O2/c1-26-18(10-17(25-26)15-6-3-7-16(9-15)29-2)19(28)21-8-4-5-14-11-22-20-23-13-24-27(20)12-14/h3,6-7,9-13H,4-5,8H2,1-2H3,(H,21,28). The first kappa shape index (κ1) is 18.6. The minimum Gasteiger partial charge on any atom is -0.497 e. The number of ether oxygens (including phenoxy) is 1. The Morgan fingerprint density at radius 2 is 2.14 bits per heavy atom. The molecule has 1 amide bonds. The van der Waals surface area contributed by atoms with E-state index in [0.29, 0.717) is 18.0 Å². The van der Waals surface area contributed by atoms with Crippen molar-refractivity contribution in [2.45, 2.75) is 12.8 Å². The summed E-state index contributed by atoms with van der Waals surface area (Å²) in [5, 5.41) is 11.5. The Morgan fingerprint density at radius 3 is 3.00 bits per heavy atom. The highest BCUT2D eigenvalue weighted by Crippen LogP contribution is 2.23. The smallest absolute Gasteiger partial charge is 0.269 e. The fourth-order valence-electron chi connectivity index (χ4n) is 3.08. The molecule has 9 nitrogen and oxygen atoms in total. The van der Waals surface area contributed by atoms with Crippen molar-refractivity contribution in [3.05, 3.63) is 60.3 Å². The fraction of sp³-hybridized carbons (Fsp3) is 0.250. The second-order valence-electron chi connectivity index (χ2n) is 6.60. The van der Waals surface area contributed by atoms with Gasteiger partial charge < -0.3 is 10.1 Å². The molecule has 1 N–H and O–H groups in total. The van der Waals surface area contributed by atoms with E-state index in [0.717, 1.165) is 35.4 Å². The fourth-order valence-corrected chi connectivity index (χ4v) is 3.08. The number of methoxy groups -OCH3 is 1. The summed E-state index contributed by atoms with van der Waals surface area (Å²) in [6.45, 7) is 0.550. The third kappa shape index (κ3) is 4.08. The lowest BCUT2D eigenvalue weighted by molar-refractivity contribution is 0.0944. The zero-order valence-corrected chi connectivity index (χ0v) is 16.2. The van der Waals surface area contributed by atoms with Crippen molar-refractivity contribution in [1.29, 1.82) is 0 Å². The summed E-state index contributed by atoms with van der Waals surface area (Å²) in [5.41, 5.74) is 3.17. The number of amides is 1. The Kier molecular flexibility index (Phi) is 5.19. The van der Waals surface area contributed by atoms with E-state index in [-0.39, 0.29) is 5.91 Å². The summed E-state index contributed by atoms with van der Waals surface area (Å²) in [5.74, 6) is 1.17. The van der Waals surface area contributed by atoms with E-state index in [1.807, 2.05) is 30.5 Å². The van der Waals surface area contributed by atoms with Crippen LogP contribution in [0.2, 0.25) is 0 Å². The summed E-state index contributed by atoms with van der Waals surface area (Å²) in [7, 11) is 3.38. The minimum atomic E-state index is -0.154. The Balaban J connectivity index is 1.35. The Bertz CT molecular complexity index is 1150. The van der Waals surface area contributed by atoms with Gasteiger partial charge in [0.1, 0.15) is 17.8 Å². The molecular formula is C20H21N7O2. The van der Waals surface area contributed by atoms with Gasteiger partial charge in [0.2, 0.25) is 0 Å². The molecule has 0 unspecified atom stereocenters. The molecule has 4 aromatic rings. The van der Waals surface area contributed by atoms with E-state index in [9.17, 15) is 4.79 Å². The molecule has 3 heterocycles. The molecule has 3 aromatic heterocycles. The average molecular weight is 391 g/mol. The number of fused-ring (bicyclic) bond motifs is 1. The van der Waals surface area contributed by atoms with Crippen molar-refractivity contribution in [3.63, 3.8) is 0 Å². The van der Waals surface area contributed by atoms with Gasteiger partial charge in [0.15, 0.2) is 0 Å². The SMILES string of the molecule is COc1cccc(-c2cc(C(=O)NCCCc3cnc4ncnn4c3)n(C)n2)c1. The van der Waals surface area contributed by atoms with Crippen molar-refractivity contribution < 1.29 is 9.53 Å². The highest BCUT2D eigenvalue weighted by Gasteiger charge is 2.14.